The monoisotopic (exact) mass is 327 g/mol. The number of amides is 1. The molecule has 0 bridgehead atoms. The third kappa shape index (κ3) is 4.04. The van der Waals surface area contributed by atoms with E-state index >= 15 is 0 Å². The van der Waals surface area contributed by atoms with Crippen molar-refractivity contribution in [2.24, 2.45) is 0 Å². The molecule has 0 aliphatic heterocycles. The zero-order chi connectivity index (χ0) is 16.1. The van der Waals surface area contributed by atoms with Gasteiger partial charge in [0.15, 0.2) is 5.69 Å². The topological polar surface area (TPSA) is 59.2 Å². The molecule has 0 atom stereocenters. The summed E-state index contributed by atoms with van der Waals surface area (Å²) in [4.78, 5) is 19.9. The van der Waals surface area contributed by atoms with Gasteiger partial charge in [-0.15, -0.1) is 11.3 Å². The van der Waals surface area contributed by atoms with E-state index in [0.29, 0.717) is 24.5 Å². The van der Waals surface area contributed by atoms with Crippen molar-refractivity contribution in [2.75, 3.05) is 6.54 Å². The van der Waals surface area contributed by atoms with Crippen LogP contribution in [0.1, 0.15) is 26.7 Å². The van der Waals surface area contributed by atoms with Gasteiger partial charge in [0.25, 0.3) is 5.91 Å². The normalized spacial score (nSPS) is 10.7. The van der Waals surface area contributed by atoms with Crippen LogP contribution in [0.25, 0.3) is 0 Å². The largest absolute Gasteiger partial charge is 0.361 e. The van der Waals surface area contributed by atoms with Crippen molar-refractivity contribution in [3.05, 3.63) is 70.0 Å². The minimum atomic E-state index is -0.123. The van der Waals surface area contributed by atoms with Crippen LogP contribution in [-0.2, 0) is 13.0 Å². The molecule has 0 aliphatic carbocycles. The fraction of sp³-hybridized carbons (Fsp3) is 0.235. The first-order chi connectivity index (χ1) is 11.2. The van der Waals surface area contributed by atoms with Crippen LogP contribution in [0.5, 0.6) is 0 Å². The van der Waals surface area contributed by atoms with Gasteiger partial charge >= 0.3 is 0 Å². The molecule has 5 nitrogen and oxygen atoms in total. The van der Waals surface area contributed by atoms with Crippen molar-refractivity contribution in [1.29, 1.82) is 0 Å². The smallest absolute Gasteiger partial charge is 0.276 e. The molecule has 118 valence electrons. The predicted octanol–water partition coefficient (Wildman–Crippen LogP) is 3.32. The fourth-order valence-electron chi connectivity index (χ4n) is 2.29. The molecule has 3 heterocycles. The van der Waals surface area contributed by atoms with E-state index in [4.69, 9.17) is 4.52 Å². The van der Waals surface area contributed by atoms with Gasteiger partial charge in [-0.3, -0.25) is 9.78 Å². The molecule has 0 N–H and O–H groups in total. The van der Waals surface area contributed by atoms with Crippen molar-refractivity contribution in [3.8, 4) is 0 Å². The third-order valence-electron chi connectivity index (χ3n) is 3.44. The van der Waals surface area contributed by atoms with E-state index < -0.39 is 0 Å². The molecule has 0 saturated heterocycles. The Morgan fingerprint density at radius 1 is 1.35 bits per heavy atom. The van der Waals surface area contributed by atoms with E-state index in [9.17, 15) is 4.79 Å². The summed E-state index contributed by atoms with van der Waals surface area (Å²) < 4.78 is 5.03. The first kappa shape index (κ1) is 15.4. The molecule has 0 unspecified atom stereocenters. The Kier molecular flexibility index (Phi) is 4.83. The van der Waals surface area contributed by atoms with Crippen LogP contribution >= 0.6 is 11.3 Å². The number of thiophene rings is 1. The Bertz CT molecular complexity index is 753. The fourth-order valence-corrected chi connectivity index (χ4v) is 2.99. The molecule has 3 aromatic rings. The van der Waals surface area contributed by atoms with Gasteiger partial charge in [-0.05, 0) is 36.4 Å². The van der Waals surface area contributed by atoms with Gasteiger partial charge in [-0.25, -0.2) is 0 Å². The van der Waals surface area contributed by atoms with Crippen LogP contribution in [0.4, 0.5) is 0 Å². The van der Waals surface area contributed by atoms with E-state index in [2.05, 4.69) is 16.2 Å². The van der Waals surface area contributed by atoms with Crippen molar-refractivity contribution >= 4 is 17.2 Å². The lowest BCUT2D eigenvalue weighted by Gasteiger charge is -2.21. The lowest BCUT2D eigenvalue weighted by atomic mass is 10.2. The van der Waals surface area contributed by atoms with E-state index in [1.807, 2.05) is 23.6 Å². The summed E-state index contributed by atoms with van der Waals surface area (Å²) in [6.45, 7) is 2.91. The summed E-state index contributed by atoms with van der Waals surface area (Å²) in [5, 5.41) is 5.89. The number of carbonyl (C=O) groups is 1. The molecular weight excluding hydrogens is 310 g/mol. The zero-order valence-electron chi connectivity index (χ0n) is 12.8. The summed E-state index contributed by atoms with van der Waals surface area (Å²) in [6.07, 6.45) is 4.32. The number of rotatable bonds is 6. The van der Waals surface area contributed by atoms with Crippen LogP contribution in [-0.4, -0.2) is 27.5 Å². The van der Waals surface area contributed by atoms with Crippen molar-refractivity contribution in [3.63, 3.8) is 0 Å². The van der Waals surface area contributed by atoms with Gasteiger partial charge in [0.1, 0.15) is 5.76 Å². The molecule has 1 amide bonds. The number of carbonyl (C=O) groups excluding carboxylic acids is 1. The van der Waals surface area contributed by atoms with Crippen LogP contribution in [0, 0.1) is 6.92 Å². The van der Waals surface area contributed by atoms with Gasteiger partial charge in [0.05, 0.1) is 0 Å². The standard InChI is InChI=1S/C17H17N3O2S/c1-13-10-16(19-22-13)17(21)20(8-6-15-5-3-9-23-15)12-14-4-2-7-18-11-14/h2-5,7,9-11H,6,8,12H2,1H3. The minimum absolute atomic E-state index is 0.123. The molecule has 0 spiro atoms. The molecular formula is C17H17N3O2S. The zero-order valence-corrected chi connectivity index (χ0v) is 13.6. The number of hydrogen-bond donors (Lipinski definition) is 0. The van der Waals surface area contributed by atoms with Gasteiger partial charge < -0.3 is 9.42 Å². The maximum Gasteiger partial charge on any atom is 0.276 e. The molecule has 0 aromatic carbocycles. The first-order valence-electron chi connectivity index (χ1n) is 7.36. The van der Waals surface area contributed by atoms with Gasteiger partial charge in [-0.2, -0.15) is 0 Å². The SMILES string of the molecule is Cc1cc(C(=O)N(CCc2cccs2)Cc2cccnc2)no1. The molecule has 3 rings (SSSR count). The number of hydrogen-bond acceptors (Lipinski definition) is 5. The summed E-state index contributed by atoms with van der Waals surface area (Å²) in [6, 6.07) is 9.61. The highest BCUT2D eigenvalue weighted by molar-refractivity contribution is 7.09. The first-order valence-corrected chi connectivity index (χ1v) is 8.24. The quantitative estimate of drug-likeness (QED) is 0.697. The molecule has 0 radical (unpaired) electrons. The van der Waals surface area contributed by atoms with Crippen molar-refractivity contribution in [2.45, 2.75) is 19.9 Å². The van der Waals surface area contributed by atoms with E-state index in [1.165, 1.54) is 4.88 Å². The van der Waals surface area contributed by atoms with Gasteiger partial charge in [-0.1, -0.05) is 17.3 Å². The highest BCUT2D eigenvalue weighted by Gasteiger charge is 2.19. The molecule has 0 saturated carbocycles. The van der Waals surface area contributed by atoms with Crippen molar-refractivity contribution < 1.29 is 9.32 Å². The Morgan fingerprint density at radius 3 is 2.91 bits per heavy atom. The second-order valence-electron chi connectivity index (χ2n) is 5.24. The number of pyridine rings is 1. The Hall–Kier alpha value is -2.47. The summed E-state index contributed by atoms with van der Waals surface area (Å²) in [5.74, 6) is 0.509. The number of aryl methyl sites for hydroxylation is 1. The van der Waals surface area contributed by atoms with Crippen molar-refractivity contribution in [1.82, 2.24) is 15.0 Å². The second kappa shape index (κ2) is 7.19. The van der Waals surface area contributed by atoms with E-state index in [1.54, 1.807) is 41.6 Å². The maximum absolute atomic E-state index is 12.7. The third-order valence-corrected chi connectivity index (χ3v) is 4.37. The average Bonchev–Trinajstić information content (AvgIpc) is 3.23. The molecule has 0 fully saturated rings. The lowest BCUT2D eigenvalue weighted by molar-refractivity contribution is 0.0734. The van der Waals surface area contributed by atoms with Gasteiger partial charge in [0.2, 0.25) is 0 Å². The average molecular weight is 327 g/mol. The summed E-state index contributed by atoms with van der Waals surface area (Å²) in [7, 11) is 0. The summed E-state index contributed by atoms with van der Waals surface area (Å²) >= 11 is 1.70. The highest BCUT2D eigenvalue weighted by Crippen LogP contribution is 2.14. The number of nitrogens with zero attached hydrogens (tertiary/aromatic N) is 3. The predicted molar refractivity (Wildman–Crippen MR) is 88.2 cm³/mol. The van der Waals surface area contributed by atoms with Crippen LogP contribution in [0.2, 0.25) is 0 Å². The Morgan fingerprint density at radius 2 is 2.26 bits per heavy atom. The Labute approximate surface area is 138 Å². The second-order valence-corrected chi connectivity index (χ2v) is 6.27. The van der Waals surface area contributed by atoms with E-state index in [0.717, 1.165) is 12.0 Å². The molecule has 0 aliphatic rings. The molecule has 6 heteroatoms. The van der Waals surface area contributed by atoms with Crippen LogP contribution in [0.15, 0.2) is 52.6 Å². The van der Waals surface area contributed by atoms with Gasteiger partial charge in [0, 0.05) is 36.4 Å². The van der Waals surface area contributed by atoms with Crippen LogP contribution < -0.4 is 0 Å². The van der Waals surface area contributed by atoms with E-state index in [-0.39, 0.29) is 5.91 Å². The lowest BCUT2D eigenvalue weighted by Crippen LogP contribution is -2.32. The summed E-state index contributed by atoms with van der Waals surface area (Å²) in [5.41, 5.74) is 1.34. The molecule has 3 aromatic heterocycles. The number of aromatic nitrogens is 2. The molecule has 23 heavy (non-hydrogen) atoms. The van der Waals surface area contributed by atoms with Crippen LogP contribution in [0.3, 0.4) is 0 Å². The highest BCUT2D eigenvalue weighted by atomic mass is 32.1. The minimum Gasteiger partial charge on any atom is -0.361 e. The maximum atomic E-state index is 12.7. The Balaban J connectivity index is 1.75.